The average Bonchev–Trinajstić information content (AvgIpc) is 2.46. The lowest BCUT2D eigenvalue weighted by molar-refractivity contribution is -0.137. The fraction of sp³-hybridized carbons (Fsp3) is 0.429. The van der Waals surface area contributed by atoms with Gasteiger partial charge in [0, 0.05) is 17.6 Å². The van der Waals surface area contributed by atoms with Crippen LogP contribution in [0.3, 0.4) is 0 Å². The number of halogens is 1. The summed E-state index contributed by atoms with van der Waals surface area (Å²) in [5.74, 6) is -0.396. The van der Waals surface area contributed by atoms with Gasteiger partial charge in [-0.25, -0.2) is 0 Å². The van der Waals surface area contributed by atoms with Crippen LogP contribution in [0.1, 0.15) is 5.56 Å². The number of hydrogen-bond donors (Lipinski definition) is 0. The standard InChI is InChI=1S/C14H16BrNO3/c15-12-4-2-1-3-11(12)5-6-16-7-8-19-10-13(16)14(18)9-17/h1-4,9,13H,5-8,10H2. The van der Waals surface area contributed by atoms with Crippen molar-refractivity contribution >= 4 is 28.0 Å². The van der Waals surface area contributed by atoms with Gasteiger partial charge in [-0.2, -0.15) is 0 Å². The Morgan fingerprint density at radius 3 is 3.00 bits per heavy atom. The number of nitrogens with zero attached hydrogens (tertiary/aromatic N) is 1. The summed E-state index contributed by atoms with van der Waals surface area (Å²) in [4.78, 5) is 24.2. The molecule has 4 nitrogen and oxygen atoms in total. The lowest BCUT2D eigenvalue weighted by Gasteiger charge is -2.33. The Morgan fingerprint density at radius 1 is 1.47 bits per heavy atom. The van der Waals surface area contributed by atoms with Gasteiger partial charge >= 0.3 is 0 Å². The Bertz CT molecular complexity index is 464. The number of Topliss-reactive ketones (excluding diaryl/α,β-unsaturated/α-hetero) is 1. The third-order valence-electron chi connectivity index (χ3n) is 3.31. The zero-order valence-corrected chi connectivity index (χ0v) is 12.1. The van der Waals surface area contributed by atoms with Gasteiger partial charge in [-0.3, -0.25) is 14.5 Å². The topological polar surface area (TPSA) is 46.6 Å². The molecule has 1 unspecified atom stereocenters. The zero-order valence-electron chi connectivity index (χ0n) is 10.5. The van der Waals surface area contributed by atoms with Crippen LogP contribution < -0.4 is 0 Å². The van der Waals surface area contributed by atoms with Crippen LogP contribution in [0.4, 0.5) is 0 Å². The minimum Gasteiger partial charge on any atom is -0.378 e. The maximum absolute atomic E-state index is 11.6. The number of hydrogen-bond acceptors (Lipinski definition) is 4. The quantitative estimate of drug-likeness (QED) is 0.607. The van der Waals surface area contributed by atoms with Gasteiger partial charge in [-0.15, -0.1) is 0 Å². The highest BCUT2D eigenvalue weighted by Gasteiger charge is 2.28. The molecule has 1 atom stereocenters. The van der Waals surface area contributed by atoms with Crippen molar-refractivity contribution in [1.82, 2.24) is 4.90 Å². The zero-order chi connectivity index (χ0) is 13.7. The van der Waals surface area contributed by atoms with Gasteiger partial charge in [0.2, 0.25) is 5.78 Å². The third kappa shape index (κ3) is 3.72. The van der Waals surface area contributed by atoms with Crippen molar-refractivity contribution < 1.29 is 14.3 Å². The van der Waals surface area contributed by atoms with E-state index in [9.17, 15) is 9.59 Å². The van der Waals surface area contributed by atoms with Crippen LogP contribution in [-0.2, 0) is 20.7 Å². The molecule has 1 aromatic rings. The molecule has 0 spiro atoms. The Labute approximate surface area is 120 Å². The summed E-state index contributed by atoms with van der Waals surface area (Å²) in [6.07, 6.45) is 1.23. The lowest BCUT2D eigenvalue weighted by atomic mass is 10.1. The first kappa shape index (κ1) is 14.4. The Hall–Kier alpha value is -1.04. The van der Waals surface area contributed by atoms with Crippen molar-refractivity contribution in [2.75, 3.05) is 26.3 Å². The molecule has 0 radical (unpaired) electrons. The molecule has 2 rings (SSSR count). The molecule has 102 valence electrons. The molecule has 1 aromatic carbocycles. The molecule has 0 aliphatic carbocycles. The molecule has 19 heavy (non-hydrogen) atoms. The fourth-order valence-corrected chi connectivity index (χ4v) is 2.69. The summed E-state index contributed by atoms with van der Waals surface area (Å²) in [6, 6.07) is 7.60. The number of aldehydes is 1. The minimum atomic E-state index is -0.422. The van der Waals surface area contributed by atoms with E-state index < -0.39 is 11.8 Å². The summed E-state index contributed by atoms with van der Waals surface area (Å²) >= 11 is 3.51. The van der Waals surface area contributed by atoms with Crippen LogP contribution in [0.5, 0.6) is 0 Å². The van der Waals surface area contributed by atoms with E-state index in [1.54, 1.807) is 0 Å². The largest absolute Gasteiger partial charge is 0.378 e. The molecule has 1 fully saturated rings. The van der Waals surface area contributed by atoms with E-state index in [0.29, 0.717) is 26.0 Å². The van der Waals surface area contributed by atoms with Crippen LogP contribution in [0.25, 0.3) is 0 Å². The summed E-state index contributed by atoms with van der Waals surface area (Å²) < 4.78 is 6.35. The van der Waals surface area contributed by atoms with Crippen LogP contribution in [0.15, 0.2) is 28.7 Å². The van der Waals surface area contributed by atoms with E-state index >= 15 is 0 Å². The number of ether oxygens (including phenoxy) is 1. The monoisotopic (exact) mass is 325 g/mol. The smallest absolute Gasteiger partial charge is 0.214 e. The molecule has 1 heterocycles. The normalized spacial score (nSPS) is 20.2. The van der Waals surface area contributed by atoms with E-state index in [1.807, 2.05) is 23.1 Å². The molecule has 0 saturated carbocycles. The molecule has 1 aliphatic rings. The van der Waals surface area contributed by atoms with Crippen molar-refractivity contribution in [3.8, 4) is 0 Å². The predicted molar refractivity (Wildman–Crippen MR) is 75.1 cm³/mol. The van der Waals surface area contributed by atoms with E-state index in [2.05, 4.69) is 22.0 Å². The van der Waals surface area contributed by atoms with Gasteiger partial charge in [0.15, 0.2) is 6.29 Å². The van der Waals surface area contributed by atoms with E-state index in [1.165, 1.54) is 5.56 Å². The second-order valence-electron chi connectivity index (χ2n) is 4.49. The molecular weight excluding hydrogens is 310 g/mol. The van der Waals surface area contributed by atoms with Gasteiger partial charge in [0.1, 0.15) is 0 Å². The molecule has 0 bridgehead atoms. The molecule has 5 heteroatoms. The number of ketones is 1. The third-order valence-corrected chi connectivity index (χ3v) is 4.08. The summed E-state index contributed by atoms with van der Waals surface area (Å²) in [5.41, 5.74) is 1.20. The highest BCUT2D eigenvalue weighted by atomic mass is 79.9. The predicted octanol–water partition coefficient (Wildman–Crippen LogP) is 1.46. The van der Waals surface area contributed by atoms with Crippen molar-refractivity contribution in [3.63, 3.8) is 0 Å². The number of benzene rings is 1. The van der Waals surface area contributed by atoms with Crippen LogP contribution >= 0.6 is 15.9 Å². The number of carbonyl (C=O) groups is 2. The Morgan fingerprint density at radius 2 is 2.26 bits per heavy atom. The second kappa shape index (κ2) is 6.93. The lowest BCUT2D eigenvalue weighted by Crippen LogP contribution is -2.50. The van der Waals surface area contributed by atoms with E-state index in [-0.39, 0.29) is 0 Å². The molecule has 1 saturated heterocycles. The Kier molecular flexibility index (Phi) is 5.24. The van der Waals surface area contributed by atoms with Crippen molar-refractivity contribution in [2.45, 2.75) is 12.5 Å². The highest BCUT2D eigenvalue weighted by Crippen LogP contribution is 2.17. The highest BCUT2D eigenvalue weighted by molar-refractivity contribution is 9.10. The number of morpholine rings is 1. The molecule has 0 aromatic heterocycles. The van der Waals surface area contributed by atoms with Crippen molar-refractivity contribution in [2.24, 2.45) is 0 Å². The Balaban J connectivity index is 1.98. The fourth-order valence-electron chi connectivity index (χ4n) is 2.21. The summed E-state index contributed by atoms with van der Waals surface area (Å²) in [7, 11) is 0. The first-order chi connectivity index (χ1) is 9.22. The van der Waals surface area contributed by atoms with Crippen LogP contribution in [-0.4, -0.2) is 49.3 Å². The van der Waals surface area contributed by atoms with E-state index in [0.717, 1.165) is 17.4 Å². The van der Waals surface area contributed by atoms with Gasteiger partial charge in [0.25, 0.3) is 0 Å². The van der Waals surface area contributed by atoms with Gasteiger partial charge in [0.05, 0.1) is 19.3 Å². The van der Waals surface area contributed by atoms with Crippen molar-refractivity contribution in [3.05, 3.63) is 34.3 Å². The van der Waals surface area contributed by atoms with Gasteiger partial charge < -0.3 is 4.74 Å². The summed E-state index contributed by atoms with van der Waals surface area (Å²) in [6.45, 7) is 2.36. The number of carbonyl (C=O) groups excluding carboxylic acids is 2. The van der Waals surface area contributed by atoms with Crippen LogP contribution in [0, 0.1) is 0 Å². The van der Waals surface area contributed by atoms with E-state index in [4.69, 9.17) is 4.74 Å². The number of rotatable bonds is 5. The summed E-state index contributed by atoms with van der Waals surface area (Å²) in [5, 5.41) is 0. The maximum atomic E-state index is 11.6. The first-order valence-corrected chi connectivity index (χ1v) is 7.06. The minimum absolute atomic E-state index is 0.313. The molecule has 1 aliphatic heterocycles. The SMILES string of the molecule is O=CC(=O)C1COCCN1CCc1ccccc1Br. The van der Waals surface area contributed by atoms with Gasteiger partial charge in [-0.05, 0) is 18.1 Å². The van der Waals surface area contributed by atoms with Crippen molar-refractivity contribution in [1.29, 1.82) is 0 Å². The second-order valence-corrected chi connectivity index (χ2v) is 5.34. The van der Waals surface area contributed by atoms with Gasteiger partial charge in [-0.1, -0.05) is 34.1 Å². The van der Waals surface area contributed by atoms with Crippen LogP contribution in [0.2, 0.25) is 0 Å². The maximum Gasteiger partial charge on any atom is 0.214 e. The molecule has 0 amide bonds. The molecular formula is C14H16BrNO3. The average molecular weight is 326 g/mol. The molecule has 0 N–H and O–H groups in total. The first-order valence-electron chi connectivity index (χ1n) is 6.26.